The molecule has 0 spiro atoms. The van der Waals surface area contributed by atoms with Crippen LogP contribution in [0.15, 0.2) is 18.5 Å². The van der Waals surface area contributed by atoms with Crippen molar-refractivity contribution in [1.29, 1.82) is 0 Å². The van der Waals surface area contributed by atoms with Crippen molar-refractivity contribution in [3.8, 4) is 0 Å². The number of aromatic nitrogens is 1. The molecule has 3 amide bonds. The monoisotopic (exact) mass is 335 g/mol. The van der Waals surface area contributed by atoms with Crippen LogP contribution in [0.25, 0.3) is 0 Å². The fraction of sp³-hybridized carbons (Fsp3) is 0.562. The van der Waals surface area contributed by atoms with Crippen LogP contribution in [0.1, 0.15) is 35.7 Å². The predicted molar refractivity (Wildman–Crippen MR) is 89.6 cm³/mol. The summed E-state index contributed by atoms with van der Waals surface area (Å²) < 4.78 is 5.26. The molecule has 0 saturated carbocycles. The van der Waals surface area contributed by atoms with Crippen LogP contribution in [0.4, 0.5) is 4.79 Å². The number of pyridine rings is 1. The van der Waals surface area contributed by atoms with Gasteiger partial charge in [-0.3, -0.25) is 20.1 Å². The Kier molecular flexibility index (Phi) is 6.95. The summed E-state index contributed by atoms with van der Waals surface area (Å²) in [5.41, 5.74) is 6.11. The zero-order valence-corrected chi connectivity index (χ0v) is 14.2. The van der Waals surface area contributed by atoms with Gasteiger partial charge in [-0.25, -0.2) is 10.2 Å². The van der Waals surface area contributed by atoms with E-state index in [1.165, 1.54) is 6.20 Å². The van der Waals surface area contributed by atoms with Crippen LogP contribution in [0.5, 0.6) is 0 Å². The summed E-state index contributed by atoms with van der Waals surface area (Å²) in [7, 11) is 0. The fourth-order valence-electron chi connectivity index (χ4n) is 2.28. The first kappa shape index (κ1) is 18.2. The molecule has 1 aliphatic heterocycles. The van der Waals surface area contributed by atoms with E-state index in [4.69, 9.17) is 4.74 Å². The second kappa shape index (κ2) is 9.19. The van der Waals surface area contributed by atoms with Crippen LogP contribution in [0, 0.1) is 0 Å². The quantitative estimate of drug-likeness (QED) is 0.680. The lowest BCUT2D eigenvalue weighted by molar-refractivity contribution is 0.0387. The number of amides is 3. The van der Waals surface area contributed by atoms with Gasteiger partial charge in [-0.05, 0) is 17.5 Å². The van der Waals surface area contributed by atoms with Gasteiger partial charge in [0.2, 0.25) is 0 Å². The van der Waals surface area contributed by atoms with Gasteiger partial charge in [-0.2, -0.15) is 0 Å². The number of carbonyl (C=O) groups is 2. The maximum absolute atomic E-state index is 12.0. The molecule has 0 radical (unpaired) electrons. The van der Waals surface area contributed by atoms with Gasteiger partial charge in [0.1, 0.15) is 0 Å². The number of urea groups is 1. The van der Waals surface area contributed by atoms with Crippen molar-refractivity contribution < 1.29 is 14.3 Å². The first-order chi connectivity index (χ1) is 11.6. The number of hydrogen-bond donors (Lipinski definition) is 3. The fourth-order valence-corrected chi connectivity index (χ4v) is 2.28. The van der Waals surface area contributed by atoms with E-state index in [2.05, 4.69) is 26.1 Å². The average Bonchev–Trinajstić information content (AvgIpc) is 2.60. The van der Waals surface area contributed by atoms with E-state index in [-0.39, 0.29) is 5.92 Å². The highest BCUT2D eigenvalue weighted by Crippen LogP contribution is 2.13. The second-order valence-corrected chi connectivity index (χ2v) is 5.95. The smallest absolute Gasteiger partial charge is 0.333 e. The molecule has 1 saturated heterocycles. The largest absolute Gasteiger partial charge is 0.379 e. The van der Waals surface area contributed by atoms with E-state index in [1.54, 1.807) is 12.3 Å². The third-order valence-corrected chi connectivity index (χ3v) is 3.80. The van der Waals surface area contributed by atoms with Crippen molar-refractivity contribution in [1.82, 2.24) is 26.1 Å². The predicted octanol–water partition coefficient (Wildman–Crippen LogP) is 0.481. The minimum absolute atomic E-state index is 0.279. The Morgan fingerprint density at radius 3 is 2.71 bits per heavy atom. The molecule has 1 aromatic heterocycles. The summed E-state index contributed by atoms with van der Waals surface area (Å²) in [5.74, 6) is -0.116. The molecule has 1 fully saturated rings. The van der Waals surface area contributed by atoms with Crippen LogP contribution in [0.2, 0.25) is 0 Å². The van der Waals surface area contributed by atoms with Crippen LogP contribution in [0.3, 0.4) is 0 Å². The molecule has 132 valence electrons. The number of morpholine rings is 1. The maximum atomic E-state index is 12.0. The standard InChI is InChI=1S/C16H25N5O3/c1-12(2)13-9-14(11-17-10-13)15(22)19-20-16(23)18-3-4-21-5-7-24-8-6-21/h9-12H,3-8H2,1-2H3,(H,19,22)(H2,18,20,23). The van der Waals surface area contributed by atoms with Crippen LogP contribution in [-0.2, 0) is 4.74 Å². The van der Waals surface area contributed by atoms with Crippen molar-refractivity contribution >= 4 is 11.9 Å². The van der Waals surface area contributed by atoms with Gasteiger partial charge in [0.05, 0.1) is 18.8 Å². The first-order valence-corrected chi connectivity index (χ1v) is 8.15. The molecule has 0 bridgehead atoms. The van der Waals surface area contributed by atoms with Crippen molar-refractivity contribution in [3.05, 3.63) is 29.6 Å². The highest BCUT2D eigenvalue weighted by atomic mass is 16.5. The lowest BCUT2D eigenvalue weighted by Gasteiger charge is -2.26. The van der Waals surface area contributed by atoms with E-state index >= 15 is 0 Å². The second-order valence-electron chi connectivity index (χ2n) is 5.95. The third-order valence-electron chi connectivity index (χ3n) is 3.80. The van der Waals surface area contributed by atoms with Gasteiger partial charge >= 0.3 is 6.03 Å². The molecule has 8 heteroatoms. The molecule has 24 heavy (non-hydrogen) atoms. The zero-order chi connectivity index (χ0) is 17.4. The lowest BCUT2D eigenvalue weighted by atomic mass is 10.0. The Balaban J connectivity index is 1.69. The highest BCUT2D eigenvalue weighted by Gasteiger charge is 2.11. The van der Waals surface area contributed by atoms with E-state index in [0.717, 1.165) is 38.4 Å². The topological polar surface area (TPSA) is 95.6 Å². The van der Waals surface area contributed by atoms with Gasteiger partial charge in [0.15, 0.2) is 0 Å². The number of hydrazine groups is 1. The van der Waals surface area contributed by atoms with Crippen molar-refractivity contribution in [2.45, 2.75) is 19.8 Å². The number of nitrogens with zero attached hydrogens (tertiary/aromatic N) is 2. The van der Waals surface area contributed by atoms with Crippen molar-refractivity contribution in [2.75, 3.05) is 39.4 Å². The number of ether oxygens (including phenoxy) is 1. The van der Waals surface area contributed by atoms with Gasteiger partial charge in [-0.15, -0.1) is 0 Å². The number of carbonyl (C=O) groups excluding carboxylic acids is 2. The normalized spacial score (nSPS) is 15.1. The van der Waals surface area contributed by atoms with Gasteiger partial charge in [0, 0.05) is 38.6 Å². The maximum Gasteiger partial charge on any atom is 0.333 e. The Hall–Kier alpha value is -2.19. The number of hydrogen-bond acceptors (Lipinski definition) is 5. The first-order valence-electron chi connectivity index (χ1n) is 8.15. The molecular formula is C16H25N5O3. The molecule has 3 N–H and O–H groups in total. The summed E-state index contributed by atoms with van der Waals surface area (Å²) in [4.78, 5) is 30.0. The molecule has 2 heterocycles. The van der Waals surface area contributed by atoms with E-state index in [0.29, 0.717) is 12.1 Å². The molecule has 1 aromatic rings. The van der Waals surface area contributed by atoms with Gasteiger partial charge in [0.25, 0.3) is 5.91 Å². The summed E-state index contributed by atoms with van der Waals surface area (Å²) >= 11 is 0. The molecule has 0 aliphatic carbocycles. The highest BCUT2D eigenvalue weighted by molar-refractivity contribution is 5.95. The van der Waals surface area contributed by atoms with Crippen LogP contribution in [-0.4, -0.2) is 61.2 Å². The molecular weight excluding hydrogens is 310 g/mol. The van der Waals surface area contributed by atoms with E-state index in [1.807, 2.05) is 13.8 Å². The Morgan fingerprint density at radius 2 is 2.00 bits per heavy atom. The Morgan fingerprint density at radius 1 is 1.25 bits per heavy atom. The third kappa shape index (κ3) is 5.78. The summed E-state index contributed by atoms with van der Waals surface area (Å²) in [6.07, 6.45) is 3.20. The summed E-state index contributed by atoms with van der Waals surface area (Å²) in [6, 6.07) is 1.33. The molecule has 2 rings (SSSR count). The SMILES string of the molecule is CC(C)c1cncc(C(=O)NNC(=O)NCCN2CCOCC2)c1. The lowest BCUT2D eigenvalue weighted by Crippen LogP contribution is -2.49. The molecule has 8 nitrogen and oxygen atoms in total. The van der Waals surface area contributed by atoms with E-state index in [9.17, 15) is 9.59 Å². The Labute approximate surface area is 141 Å². The van der Waals surface area contributed by atoms with Gasteiger partial charge < -0.3 is 10.1 Å². The summed E-state index contributed by atoms with van der Waals surface area (Å²) in [5, 5.41) is 2.70. The average molecular weight is 335 g/mol. The minimum Gasteiger partial charge on any atom is -0.379 e. The summed E-state index contributed by atoms with van der Waals surface area (Å²) in [6.45, 7) is 8.52. The van der Waals surface area contributed by atoms with Crippen LogP contribution >= 0.6 is 0 Å². The molecule has 0 aromatic carbocycles. The van der Waals surface area contributed by atoms with Gasteiger partial charge in [-0.1, -0.05) is 13.8 Å². The van der Waals surface area contributed by atoms with Crippen molar-refractivity contribution in [2.24, 2.45) is 0 Å². The molecule has 0 unspecified atom stereocenters. The number of rotatable bonds is 5. The van der Waals surface area contributed by atoms with Crippen LogP contribution < -0.4 is 16.2 Å². The Bertz CT molecular complexity index is 558. The minimum atomic E-state index is -0.440. The zero-order valence-electron chi connectivity index (χ0n) is 14.2. The molecule has 1 aliphatic rings. The number of nitrogens with one attached hydrogen (secondary N) is 3. The molecule has 0 atom stereocenters. The van der Waals surface area contributed by atoms with E-state index < -0.39 is 11.9 Å². The van der Waals surface area contributed by atoms with Crippen molar-refractivity contribution in [3.63, 3.8) is 0 Å².